The molecule has 0 saturated heterocycles. The molecular formula is C16H19N5O2S. The van der Waals surface area contributed by atoms with E-state index in [4.69, 9.17) is 0 Å². The quantitative estimate of drug-likeness (QED) is 0.660. The second-order valence-corrected chi connectivity index (χ2v) is 6.84. The predicted molar refractivity (Wildman–Crippen MR) is 95.3 cm³/mol. The van der Waals surface area contributed by atoms with Gasteiger partial charge in [0.1, 0.15) is 0 Å². The van der Waals surface area contributed by atoms with Gasteiger partial charge in [-0.15, -0.1) is 11.3 Å². The number of carbonyl (C=O) groups is 1. The molecule has 0 saturated carbocycles. The Morgan fingerprint density at radius 3 is 2.83 bits per heavy atom. The Morgan fingerprint density at radius 2 is 2.12 bits per heavy atom. The van der Waals surface area contributed by atoms with Crippen molar-refractivity contribution < 1.29 is 4.79 Å². The molecule has 1 aromatic carbocycles. The standard InChI is InChI=1S/C16H19N5O2S/c1-9(21(3)7-12-8-24-10(2)17-12)15(22)18-11-4-5-13-14(6-11)20-16(23)19-13/h4-6,8-9H,7H2,1-3H3,(H,18,22)(H2,19,20,23). The first-order valence-corrected chi connectivity index (χ1v) is 8.44. The van der Waals surface area contributed by atoms with E-state index in [1.807, 2.05) is 31.2 Å². The molecule has 8 heteroatoms. The number of thiazole rings is 1. The van der Waals surface area contributed by atoms with E-state index in [0.29, 0.717) is 23.3 Å². The van der Waals surface area contributed by atoms with Crippen LogP contribution >= 0.6 is 11.3 Å². The third kappa shape index (κ3) is 3.55. The van der Waals surface area contributed by atoms with Gasteiger partial charge in [-0.1, -0.05) is 0 Å². The monoisotopic (exact) mass is 345 g/mol. The average molecular weight is 345 g/mol. The van der Waals surface area contributed by atoms with Crippen LogP contribution in [0.15, 0.2) is 28.4 Å². The predicted octanol–water partition coefficient (Wildman–Crippen LogP) is 2.08. The molecule has 1 amide bonds. The second kappa shape index (κ2) is 6.58. The van der Waals surface area contributed by atoms with Crippen LogP contribution in [-0.2, 0) is 11.3 Å². The Balaban J connectivity index is 1.66. The summed E-state index contributed by atoms with van der Waals surface area (Å²) in [5.74, 6) is -0.110. The van der Waals surface area contributed by atoms with Gasteiger partial charge in [0.05, 0.1) is 27.8 Å². The molecule has 24 heavy (non-hydrogen) atoms. The fourth-order valence-electron chi connectivity index (χ4n) is 2.43. The largest absolute Gasteiger partial charge is 0.325 e. The summed E-state index contributed by atoms with van der Waals surface area (Å²) in [6, 6.07) is 4.95. The van der Waals surface area contributed by atoms with Crippen LogP contribution in [-0.4, -0.2) is 38.8 Å². The van der Waals surface area contributed by atoms with Crippen LogP contribution in [0.4, 0.5) is 5.69 Å². The van der Waals surface area contributed by atoms with Crippen molar-refractivity contribution in [2.24, 2.45) is 0 Å². The van der Waals surface area contributed by atoms with Gasteiger partial charge in [0.25, 0.3) is 0 Å². The number of imidazole rings is 1. The number of fused-ring (bicyclic) bond motifs is 1. The molecule has 1 unspecified atom stereocenters. The highest BCUT2D eigenvalue weighted by molar-refractivity contribution is 7.09. The number of anilines is 1. The number of benzene rings is 1. The normalized spacial score (nSPS) is 12.7. The summed E-state index contributed by atoms with van der Waals surface area (Å²) in [5, 5.41) is 5.91. The number of rotatable bonds is 5. The molecule has 126 valence electrons. The first-order chi connectivity index (χ1) is 11.4. The van der Waals surface area contributed by atoms with Crippen LogP contribution in [0.5, 0.6) is 0 Å². The molecular weight excluding hydrogens is 326 g/mol. The Morgan fingerprint density at radius 1 is 1.38 bits per heavy atom. The molecule has 1 atom stereocenters. The van der Waals surface area contributed by atoms with Gasteiger partial charge in [0.2, 0.25) is 5.91 Å². The van der Waals surface area contributed by atoms with E-state index >= 15 is 0 Å². The smallest absolute Gasteiger partial charge is 0.323 e. The van der Waals surface area contributed by atoms with E-state index < -0.39 is 0 Å². The Hall–Kier alpha value is -2.45. The zero-order valence-electron chi connectivity index (χ0n) is 13.7. The summed E-state index contributed by atoms with van der Waals surface area (Å²) in [5.41, 5.74) is 2.72. The van der Waals surface area contributed by atoms with Crippen LogP contribution in [0.3, 0.4) is 0 Å². The maximum Gasteiger partial charge on any atom is 0.323 e. The van der Waals surface area contributed by atoms with E-state index in [1.54, 1.807) is 29.5 Å². The molecule has 0 aliphatic heterocycles. The Labute approximate surface area is 142 Å². The number of aromatic amines is 2. The molecule has 3 N–H and O–H groups in total. The van der Waals surface area contributed by atoms with Crippen LogP contribution in [0.1, 0.15) is 17.6 Å². The van der Waals surface area contributed by atoms with Crippen molar-refractivity contribution in [3.63, 3.8) is 0 Å². The number of amides is 1. The number of aromatic nitrogens is 3. The van der Waals surface area contributed by atoms with Crippen molar-refractivity contribution in [2.45, 2.75) is 26.4 Å². The number of nitrogens with one attached hydrogen (secondary N) is 3. The van der Waals surface area contributed by atoms with Crippen molar-refractivity contribution in [3.8, 4) is 0 Å². The van der Waals surface area contributed by atoms with Crippen molar-refractivity contribution in [3.05, 3.63) is 44.8 Å². The number of aryl methyl sites for hydroxylation is 1. The number of H-pyrrole nitrogens is 2. The minimum atomic E-state index is -0.312. The van der Waals surface area contributed by atoms with E-state index in [9.17, 15) is 9.59 Å². The SMILES string of the molecule is Cc1nc(CN(C)C(C)C(=O)Nc2ccc3[nH]c(=O)[nH]c3c2)cs1. The molecule has 0 spiro atoms. The van der Waals surface area contributed by atoms with Gasteiger partial charge in [-0.2, -0.15) is 0 Å². The molecule has 0 aliphatic rings. The van der Waals surface area contributed by atoms with E-state index in [2.05, 4.69) is 20.3 Å². The molecule has 0 fully saturated rings. The summed E-state index contributed by atoms with van der Waals surface area (Å²) in [7, 11) is 1.89. The molecule has 0 aliphatic carbocycles. The van der Waals surface area contributed by atoms with E-state index in [1.165, 1.54) is 0 Å². The molecule has 2 aromatic heterocycles. The molecule has 0 bridgehead atoms. The van der Waals surface area contributed by atoms with Crippen LogP contribution in [0.2, 0.25) is 0 Å². The number of hydrogen-bond acceptors (Lipinski definition) is 5. The first-order valence-electron chi connectivity index (χ1n) is 7.56. The van der Waals surface area contributed by atoms with E-state index in [-0.39, 0.29) is 17.6 Å². The number of hydrogen-bond donors (Lipinski definition) is 3. The van der Waals surface area contributed by atoms with Crippen LogP contribution < -0.4 is 11.0 Å². The summed E-state index contributed by atoms with van der Waals surface area (Å²) in [6.07, 6.45) is 0. The first kappa shape index (κ1) is 16.4. The minimum absolute atomic E-state index is 0.110. The fourth-order valence-corrected chi connectivity index (χ4v) is 3.03. The highest BCUT2D eigenvalue weighted by Crippen LogP contribution is 2.16. The highest BCUT2D eigenvalue weighted by atomic mass is 32.1. The van der Waals surface area contributed by atoms with E-state index in [0.717, 1.165) is 10.7 Å². The topological polar surface area (TPSA) is 93.9 Å². The lowest BCUT2D eigenvalue weighted by Crippen LogP contribution is -2.39. The Kier molecular flexibility index (Phi) is 4.50. The fraction of sp³-hybridized carbons (Fsp3) is 0.312. The lowest BCUT2D eigenvalue weighted by Gasteiger charge is -2.23. The summed E-state index contributed by atoms with van der Waals surface area (Å²) in [4.78, 5) is 35.4. The highest BCUT2D eigenvalue weighted by Gasteiger charge is 2.19. The van der Waals surface area contributed by atoms with Gasteiger partial charge in [0, 0.05) is 17.6 Å². The third-order valence-electron chi connectivity index (χ3n) is 3.90. The van der Waals surface area contributed by atoms with Gasteiger partial charge >= 0.3 is 5.69 Å². The van der Waals surface area contributed by atoms with Crippen molar-refractivity contribution in [1.29, 1.82) is 0 Å². The summed E-state index contributed by atoms with van der Waals surface area (Å²) < 4.78 is 0. The lowest BCUT2D eigenvalue weighted by atomic mass is 10.2. The molecule has 3 aromatic rings. The number of carbonyl (C=O) groups excluding carboxylic acids is 1. The molecule has 0 radical (unpaired) electrons. The van der Waals surface area contributed by atoms with Crippen molar-refractivity contribution in [2.75, 3.05) is 12.4 Å². The average Bonchev–Trinajstić information content (AvgIpc) is 3.10. The van der Waals surface area contributed by atoms with Crippen molar-refractivity contribution in [1.82, 2.24) is 19.9 Å². The van der Waals surface area contributed by atoms with Gasteiger partial charge in [0.15, 0.2) is 0 Å². The third-order valence-corrected chi connectivity index (χ3v) is 4.72. The van der Waals surface area contributed by atoms with Crippen molar-refractivity contribution >= 4 is 34.0 Å². The van der Waals surface area contributed by atoms with Crippen LogP contribution in [0, 0.1) is 6.92 Å². The maximum atomic E-state index is 12.4. The Bertz CT molecular complexity index is 926. The summed E-state index contributed by atoms with van der Waals surface area (Å²) >= 11 is 1.60. The molecule has 3 rings (SSSR count). The minimum Gasteiger partial charge on any atom is -0.325 e. The van der Waals surface area contributed by atoms with Gasteiger partial charge in [-0.25, -0.2) is 9.78 Å². The number of likely N-dealkylation sites (N-methyl/N-ethyl adjacent to an activating group) is 1. The van der Waals surface area contributed by atoms with Crippen LogP contribution in [0.25, 0.3) is 11.0 Å². The molecule has 2 heterocycles. The summed E-state index contributed by atoms with van der Waals surface area (Å²) in [6.45, 7) is 4.43. The molecule has 7 nitrogen and oxygen atoms in total. The zero-order chi connectivity index (χ0) is 17.3. The maximum absolute atomic E-state index is 12.4. The number of nitrogens with zero attached hydrogens (tertiary/aromatic N) is 2. The second-order valence-electron chi connectivity index (χ2n) is 5.78. The lowest BCUT2D eigenvalue weighted by molar-refractivity contribution is -0.120. The van der Waals surface area contributed by atoms with Gasteiger partial charge < -0.3 is 15.3 Å². The van der Waals surface area contributed by atoms with Gasteiger partial charge in [-0.05, 0) is 39.1 Å². The van der Waals surface area contributed by atoms with Gasteiger partial charge in [-0.3, -0.25) is 9.69 Å². The zero-order valence-corrected chi connectivity index (χ0v) is 14.5.